The minimum Gasteiger partial charge on any atom is -0.372 e. The van der Waals surface area contributed by atoms with Gasteiger partial charge in [-0.3, -0.25) is 0 Å². The molecule has 2 unspecified atom stereocenters. The molecule has 0 spiro atoms. The first-order chi connectivity index (χ1) is 7.86. The molecule has 1 aliphatic carbocycles. The van der Waals surface area contributed by atoms with E-state index in [-0.39, 0.29) is 0 Å². The van der Waals surface area contributed by atoms with Crippen LogP contribution in [0.5, 0.6) is 0 Å². The fourth-order valence-corrected chi connectivity index (χ4v) is 2.93. The lowest BCUT2D eigenvalue weighted by molar-refractivity contribution is 0.0361. The highest BCUT2D eigenvalue weighted by Gasteiger charge is 2.21. The molecule has 88 valence electrons. The van der Waals surface area contributed by atoms with E-state index in [0.717, 1.165) is 6.61 Å². The SMILES string of the molecule is BrC1CCCCCC1OCc1ccccc1. The number of hydrogen-bond acceptors (Lipinski definition) is 1. The second kappa shape index (κ2) is 6.41. The highest BCUT2D eigenvalue weighted by molar-refractivity contribution is 9.09. The standard InChI is InChI=1S/C14H19BrO/c15-13-9-5-2-6-10-14(13)16-11-12-7-3-1-4-8-12/h1,3-4,7-8,13-14H,2,5-6,9-11H2. The molecule has 1 saturated carbocycles. The third kappa shape index (κ3) is 3.60. The zero-order chi connectivity index (χ0) is 11.2. The van der Waals surface area contributed by atoms with Crippen LogP contribution in [-0.4, -0.2) is 10.9 Å². The zero-order valence-electron chi connectivity index (χ0n) is 9.57. The van der Waals surface area contributed by atoms with Crippen molar-refractivity contribution in [1.82, 2.24) is 0 Å². The Morgan fingerprint density at radius 2 is 1.81 bits per heavy atom. The molecule has 0 aromatic heterocycles. The van der Waals surface area contributed by atoms with Gasteiger partial charge in [0, 0.05) is 4.83 Å². The van der Waals surface area contributed by atoms with E-state index in [9.17, 15) is 0 Å². The molecule has 2 atom stereocenters. The van der Waals surface area contributed by atoms with Crippen molar-refractivity contribution in [2.75, 3.05) is 0 Å². The summed E-state index contributed by atoms with van der Waals surface area (Å²) in [6, 6.07) is 10.4. The number of hydrogen-bond donors (Lipinski definition) is 0. The lowest BCUT2D eigenvalue weighted by Crippen LogP contribution is -2.22. The van der Waals surface area contributed by atoms with Crippen LogP contribution in [0.4, 0.5) is 0 Å². The predicted molar refractivity (Wildman–Crippen MR) is 70.8 cm³/mol. The third-order valence-electron chi connectivity index (χ3n) is 3.18. The first-order valence-electron chi connectivity index (χ1n) is 6.16. The van der Waals surface area contributed by atoms with Gasteiger partial charge in [0.2, 0.25) is 0 Å². The summed E-state index contributed by atoms with van der Waals surface area (Å²) in [5.41, 5.74) is 1.27. The van der Waals surface area contributed by atoms with Gasteiger partial charge < -0.3 is 4.74 Å². The van der Waals surface area contributed by atoms with Gasteiger partial charge in [0.15, 0.2) is 0 Å². The summed E-state index contributed by atoms with van der Waals surface area (Å²) < 4.78 is 6.01. The molecule has 0 saturated heterocycles. The van der Waals surface area contributed by atoms with E-state index in [2.05, 4.69) is 40.2 Å². The fraction of sp³-hybridized carbons (Fsp3) is 0.571. The highest BCUT2D eigenvalue weighted by atomic mass is 79.9. The van der Waals surface area contributed by atoms with Crippen molar-refractivity contribution in [3.05, 3.63) is 35.9 Å². The topological polar surface area (TPSA) is 9.23 Å². The van der Waals surface area contributed by atoms with E-state index in [1.54, 1.807) is 0 Å². The van der Waals surface area contributed by atoms with Gasteiger partial charge in [-0.05, 0) is 18.4 Å². The van der Waals surface area contributed by atoms with Crippen molar-refractivity contribution in [1.29, 1.82) is 0 Å². The molecular weight excluding hydrogens is 264 g/mol. The number of alkyl halides is 1. The Morgan fingerprint density at radius 3 is 2.62 bits per heavy atom. The van der Waals surface area contributed by atoms with Crippen molar-refractivity contribution in [2.24, 2.45) is 0 Å². The van der Waals surface area contributed by atoms with Gasteiger partial charge in [-0.25, -0.2) is 0 Å². The monoisotopic (exact) mass is 282 g/mol. The van der Waals surface area contributed by atoms with Crippen molar-refractivity contribution >= 4 is 15.9 Å². The van der Waals surface area contributed by atoms with E-state index >= 15 is 0 Å². The molecule has 16 heavy (non-hydrogen) atoms. The first-order valence-corrected chi connectivity index (χ1v) is 7.07. The van der Waals surface area contributed by atoms with Crippen molar-refractivity contribution in [2.45, 2.75) is 49.6 Å². The smallest absolute Gasteiger partial charge is 0.0721 e. The predicted octanol–water partition coefficient (Wildman–Crippen LogP) is 4.30. The first kappa shape index (κ1) is 12.1. The summed E-state index contributed by atoms with van der Waals surface area (Å²) in [4.78, 5) is 0.540. The third-order valence-corrected chi connectivity index (χ3v) is 4.23. The number of ether oxygens (including phenoxy) is 1. The Labute approximate surface area is 106 Å². The molecule has 1 fully saturated rings. The average Bonchev–Trinajstić information content (AvgIpc) is 2.53. The number of benzene rings is 1. The molecule has 0 amide bonds. The van der Waals surface area contributed by atoms with E-state index in [0.29, 0.717) is 10.9 Å². The number of rotatable bonds is 3. The molecule has 2 rings (SSSR count). The Balaban J connectivity index is 1.84. The minimum absolute atomic E-state index is 0.391. The Kier molecular flexibility index (Phi) is 4.86. The molecule has 0 heterocycles. The van der Waals surface area contributed by atoms with Gasteiger partial charge in [0.1, 0.15) is 0 Å². The summed E-state index contributed by atoms with van der Waals surface area (Å²) in [7, 11) is 0. The molecule has 0 N–H and O–H groups in total. The maximum absolute atomic E-state index is 6.01. The number of halogens is 1. The van der Waals surface area contributed by atoms with Crippen LogP contribution in [0, 0.1) is 0 Å². The Hall–Kier alpha value is -0.340. The highest BCUT2D eigenvalue weighted by Crippen LogP contribution is 2.26. The van der Waals surface area contributed by atoms with E-state index in [4.69, 9.17) is 4.74 Å². The van der Waals surface area contributed by atoms with Crippen LogP contribution < -0.4 is 0 Å². The van der Waals surface area contributed by atoms with Crippen LogP contribution in [0.1, 0.15) is 37.7 Å². The van der Waals surface area contributed by atoms with Crippen LogP contribution >= 0.6 is 15.9 Å². The van der Waals surface area contributed by atoms with Crippen LogP contribution in [0.15, 0.2) is 30.3 Å². The molecule has 1 nitrogen and oxygen atoms in total. The van der Waals surface area contributed by atoms with Crippen LogP contribution in [0.3, 0.4) is 0 Å². The van der Waals surface area contributed by atoms with Crippen molar-refractivity contribution in [3.8, 4) is 0 Å². The zero-order valence-corrected chi connectivity index (χ0v) is 11.2. The average molecular weight is 283 g/mol. The fourth-order valence-electron chi connectivity index (χ4n) is 2.19. The van der Waals surface area contributed by atoms with E-state index < -0.39 is 0 Å². The summed E-state index contributed by atoms with van der Waals surface area (Å²) >= 11 is 3.75. The largest absolute Gasteiger partial charge is 0.372 e. The maximum atomic E-state index is 6.01. The molecule has 1 aromatic rings. The Morgan fingerprint density at radius 1 is 1.06 bits per heavy atom. The van der Waals surface area contributed by atoms with Crippen molar-refractivity contribution < 1.29 is 4.74 Å². The molecule has 0 aliphatic heterocycles. The van der Waals surface area contributed by atoms with Gasteiger partial charge in [0.05, 0.1) is 12.7 Å². The summed E-state index contributed by atoms with van der Waals surface area (Å²) in [5.74, 6) is 0. The van der Waals surface area contributed by atoms with E-state index in [1.165, 1.54) is 37.7 Å². The molecule has 0 radical (unpaired) electrons. The van der Waals surface area contributed by atoms with Gasteiger partial charge in [-0.15, -0.1) is 0 Å². The maximum Gasteiger partial charge on any atom is 0.0721 e. The normalized spacial score (nSPS) is 26.3. The molecule has 1 aliphatic rings. The van der Waals surface area contributed by atoms with Crippen LogP contribution in [0.2, 0.25) is 0 Å². The van der Waals surface area contributed by atoms with Crippen LogP contribution in [-0.2, 0) is 11.3 Å². The summed E-state index contributed by atoms with van der Waals surface area (Å²) in [5, 5.41) is 0. The molecule has 1 aromatic carbocycles. The second-order valence-electron chi connectivity index (χ2n) is 4.49. The quantitative estimate of drug-likeness (QED) is 0.593. The van der Waals surface area contributed by atoms with Crippen LogP contribution in [0.25, 0.3) is 0 Å². The van der Waals surface area contributed by atoms with Gasteiger partial charge in [-0.2, -0.15) is 0 Å². The second-order valence-corrected chi connectivity index (χ2v) is 5.67. The minimum atomic E-state index is 0.391. The van der Waals surface area contributed by atoms with Gasteiger partial charge in [0.25, 0.3) is 0 Å². The summed E-state index contributed by atoms with van der Waals surface area (Å²) in [6.45, 7) is 0.744. The van der Waals surface area contributed by atoms with Gasteiger partial charge in [-0.1, -0.05) is 65.5 Å². The molecule has 2 heteroatoms. The lowest BCUT2D eigenvalue weighted by atomic mass is 10.1. The van der Waals surface area contributed by atoms with Gasteiger partial charge >= 0.3 is 0 Å². The Bertz CT molecular complexity index is 299. The molecular formula is C14H19BrO. The summed E-state index contributed by atoms with van der Waals surface area (Å²) in [6.07, 6.45) is 6.83. The lowest BCUT2D eigenvalue weighted by Gasteiger charge is -2.20. The van der Waals surface area contributed by atoms with E-state index in [1.807, 2.05) is 6.07 Å². The van der Waals surface area contributed by atoms with Crippen molar-refractivity contribution in [3.63, 3.8) is 0 Å². The molecule has 0 bridgehead atoms.